The maximum absolute atomic E-state index is 11.8. The molecule has 0 bridgehead atoms. The third kappa shape index (κ3) is 3.64. The number of ether oxygens (including phenoxy) is 1. The molecule has 1 heterocycles. The number of aliphatic imine (C=N–C) groups is 1. The number of carbonyl (C=O) groups excluding carboxylic acids is 1. The number of halogens is 1. The van der Waals surface area contributed by atoms with E-state index in [0.29, 0.717) is 12.3 Å². The Kier molecular flexibility index (Phi) is 5.13. The van der Waals surface area contributed by atoms with Crippen LogP contribution in [0.15, 0.2) is 33.4 Å². The SMILES string of the molecule is CCOc1ccc(Br)cc1/C=C1\N=C(SC)SC1=O. The summed E-state index contributed by atoms with van der Waals surface area (Å²) in [6, 6.07) is 5.71. The fraction of sp³-hybridized carbons (Fsp3) is 0.231. The van der Waals surface area contributed by atoms with Crippen molar-refractivity contribution >= 4 is 55.0 Å². The first-order chi connectivity index (χ1) is 9.13. The quantitative estimate of drug-likeness (QED) is 0.760. The van der Waals surface area contributed by atoms with Crippen molar-refractivity contribution in [3.05, 3.63) is 33.9 Å². The smallest absolute Gasteiger partial charge is 0.244 e. The average molecular weight is 358 g/mol. The van der Waals surface area contributed by atoms with Crippen LogP contribution in [0.5, 0.6) is 5.75 Å². The van der Waals surface area contributed by atoms with E-state index in [4.69, 9.17) is 4.74 Å². The van der Waals surface area contributed by atoms with Crippen LogP contribution in [-0.4, -0.2) is 22.4 Å². The van der Waals surface area contributed by atoms with Gasteiger partial charge in [-0.15, -0.1) is 11.8 Å². The van der Waals surface area contributed by atoms with Gasteiger partial charge in [0.15, 0.2) is 0 Å². The highest BCUT2D eigenvalue weighted by molar-refractivity contribution is 9.10. The van der Waals surface area contributed by atoms with Gasteiger partial charge in [0.25, 0.3) is 0 Å². The summed E-state index contributed by atoms with van der Waals surface area (Å²) in [5.74, 6) is 0.754. The Morgan fingerprint density at radius 1 is 1.53 bits per heavy atom. The number of benzene rings is 1. The van der Waals surface area contributed by atoms with Gasteiger partial charge >= 0.3 is 0 Å². The van der Waals surface area contributed by atoms with Crippen LogP contribution in [0.1, 0.15) is 12.5 Å². The highest BCUT2D eigenvalue weighted by atomic mass is 79.9. The Bertz CT molecular complexity index is 570. The average Bonchev–Trinajstić information content (AvgIpc) is 2.74. The number of carbonyl (C=O) groups is 1. The molecule has 0 radical (unpaired) electrons. The van der Waals surface area contributed by atoms with Crippen molar-refractivity contribution < 1.29 is 9.53 Å². The summed E-state index contributed by atoms with van der Waals surface area (Å²) >= 11 is 6.07. The van der Waals surface area contributed by atoms with Gasteiger partial charge in [-0.1, -0.05) is 15.9 Å². The van der Waals surface area contributed by atoms with E-state index in [0.717, 1.165) is 20.2 Å². The van der Waals surface area contributed by atoms with Crippen molar-refractivity contribution in [2.24, 2.45) is 4.99 Å². The van der Waals surface area contributed by atoms with E-state index in [-0.39, 0.29) is 5.12 Å². The molecule has 0 fully saturated rings. The molecular formula is C13H12BrNO2S2. The summed E-state index contributed by atoms with van der Waals surface area (Å²) in [4.78, 5) is 16.1. The second-order valence-electron chi connectivity index (χ2n) is 3.62. The second kappa shape index (κ2) is 6.63. The number of rotatable bonds is 3. The molecule has 0 spiro atoms. The van der Waals surface area contributed by atoms with E-state index >= 15 is 0 Å². The van der Waals surface area contributed by atoms with E-state index in [2.05, 4.69) is 20.9 Å². The van der Waals surface area contributed by atoms with Crippen LogP contribution in [-0.2, 0) is 4.79 Å². The predicted molar refractivity (Wildman–Crippen MR) is 86.8 cm³/mol. The molecule has 6 heteroatoms. The largest absolute Gasteiger partial charge is 0.493 e. The fourth-order valence-corrected chi connectivity index (χ4v) is 3.18. The van der Waals surface area contributed by atoms with Gasteiger partial charge in [0.1, 0.15) is 15.8 Å². The van der Waals surface area contributed by atoms with E-state index < -0.39 is 0 Å². The first-order valence-corrected chi connectivity index (χ1v) is 8.46. The second-order valence-corrected chi connectivity index (χ2v) is 6.55. The minimum Gasteiger partial charge on any atom is -0.493 e. The summed E-state index contributed by atoms with van der Waals surface area (Å²) < 4.78 is 7.27. The number of hydrogen-bond donors (Lipinski definition) is 0. The Morgan fingerprint density at radius 3 is 2.95 bits per heavy atom. The predicted octanol–water partition coefficient (Wildman–Crippen LogP) is 4.18. The number of thioether (sulfide) groups is 2. The minimum absolute atomic E-state index is 0.0215. The van der Waals surface area contributed by atoms with Gasteiger partial charge in [-0.2, -0.15) is 0 Å². The Balaban J connectivity index is 2.39. The zero-order chi connectivity index (χ0) is 13.8. The highest BCUT2D eigenvalue weighted by Gasteiger charge is 2.21. The lowest BCUT2D eigenvalue weighted by Gasteiger charge is -2.07. The molecule has 1 aliphatic rings. The normalized spacial score (nSPS) is 16.9. The van der Waals surface area contributed by atoms with Gasteiger partial charge in [0.05, 0.1) is 6.61 Å². The summed E-state index contributed by atoms with van der Waals surface area (Å²) in [6.07, 6.45) is 3.68. The lowest BCUT2D eigenvalue weighted by atomic mass is 10.1. The summed E-state index contributed by atoms with van der Waals surface area (Å²) in [5.41, 5.74) is 1.32. The van der Waals surface area contributed by atoms with Crippen LogP contribution in [0.2, 0.25) is 0 Å². The zero-order valence-electron chi connectivity index (χ0n) is 10.5. The third-order valence-corrected chi connectivity index (χ3v) is 4.68. The summed E-state index contributed by atoms with van der Waals surface area (Å²) in [6.45, 7) is 2.51. The molecule has 0 atom stereocenters. The van der Waals surface area contributed by atoms with E-state index in [1.54, 1.807) is 6.08 Å². The minimum atomic E-state index is -0.0215. The monoisotopic (exact) mass is 357 g/mol. The third-order valence-electron chi connectivity index (χ3n) is 2.34. The van der Waals surface area contributed by atoms with Crippen molar-refractivity contribution in [3.8, 4) is 5.75 Å². The molecule has 0 aliphatic carbocycles. The summed E-state index contributed by atoms with van der Waals surface area (Å²) in [7, 11) is 0. The zero-order valence-corrected chi connectivity index (χ0v) is 13.7. The van der Waals surface area contributed by atoms with Gasteiger partial charge in [0.2, 0.25) is 5.12 Å². The first kappa shape index (κ1) is 14.7. The summed E-state index contributed by atoms with van der Waals surface area (Å²) in [5, 5.41) is -0.0215. The molecule has 0 N–H and O–H groups in total. The molecule has 2 rings (SSSR count). The van der Waals surface area contributed by atoms with Crippen LogP contribution < -0.4 is 4.74 Å². The number of hydrogen-bond acceptors (Lipinski definition) is 5. The van der Waals surface area contributed by atoms with Crippen molar-refractivity contribution in [1.82, 2.24) is 0 Å². The van der Waals surface area contributed by atoms with Crippen LogP contribution in [0.3, 0.4) is 0 Å². The molecule has 3 nitrogen and oxygen atoms in total. The Morgan fingerprint density at radius 2 is 2.32 bits per heavy atom. The molecule has 0 saturated carbocycles. The number of nitrogens with zero attached hydrogens (tertiary/aromatic N) is 1. The van der Waals surface area contributed by atoms with Gasteiger partial charge in [-0.05, 0) is 49.2 Å². The molecule has 1 aliphatic heterocycles. The molecule has 1 aromatic carbocycles. The van der Waals surface area contributed by atoms with Crippen molar-refractivity contribution in [2.45, 2.75) is 6.92 Å². The molecule has 0 saturated heterocycles. The van der Waals surface area contributed by atoms with Crippen molar-refractivity contribution in [2.75, 3.05) is 12.9 Å². The maximum Gasteiger partial charge on any atom is 0.244 e. The Labute approximate surface area is 129 Å². The van der Waals surface area contributed by atoms with Crippen LogP contribution >= 0.6 is 39.5 Å². The van der Waals surface area contributed by atoms with Crippen molar-refractivity contribution in [1.29, 1.82) is 0 Å². The topological polar surface area (TPSA) is 38.7 Å². The maximum atomic E-state index is 11.8. The lowest BCUT2D eigenvalue weighted by molar-refractivity contribution is -0.107. The van der Waals surface area contributed by atoms with E-state index in [1.165, 1.54) is 23.5 Å². The fourth-order valence-electron chi connectivity index (χ4n) is 1.54. The molecule has 100 valence electrons. The standard InChI is InChI=1S/C13H12BrNO2S2/c1-3-17-11-5-4-9(14)6-8(11)7-10-12(16)19-13(15-10)18-2/h4-7H,3H2,1-2H3/b10-7-. The van der Waals surface area contributed by atoms with E-state index in [9.17, 15) is 4.79 Å². The first-order valence-electron chi connectivity index (χ1n) is 5.63. The van der Waals surface area contributed by atoms with Crippen molar-refractivity contribution in [3.63, 3.8) is 0 Å². The highest BCUT2D eigenvalue weighted by Crippen LogP contribution is 2.32. The van der Waals surface area contributed by atoms with Gasteiger partial charge in [0, 0.05) is 10.0 Å². The molecular weight excluding hydrogens is 346 g/mol. The van der Waals surface area contributed by atoms with Crippen LogP contribution in [0.4, 0.5) is 0 Å². The lowest BCUT2D eigenvalue weighted by Crippen LogP contribution is -1.95. The molecule has 0 amide bonds. The Hall–Kier alpha value is -0.720. The van der Waals surface area contributed by atoms with Crippen LogP contribution in [0, 0.1) is 0 Å². The van der Waals surface area contributed by atoms with Gasteiger partial charge in [-0.25, -0.2) is 4.99 Å². The van der Waals surface area contributed by atoms with Gasteiger partial charge in [-0.3, -0.25) is 4.79 Å². The van der Waals surface area contributed by atoms with Gasteiger partial charge < -0.3 is 4.74 Å². The molecule has 19 heavy (non-hydrogen) atoms. The molecule has 1 aromatic rings. The molecule has 0 unspecified atom stereocenters. The van der Waals surface area contributed by atoms with Crippen LogP contribution in [0.25, 0.3) is 6.08 Å². The van der Waals surface area contributed by atoms with E-state index in [1.807, 2.05) is 31.4 Å². The molecule has 0 aromatic heterocycles.